The molecule has 2 fully saturated rings. The molecule has 0 aliphatic heterocycles. The average Bonchev–Trinajstić information content (AvgIpc) is 2.86. The maximum Gasteiger partial charge on any atom is 0.306 e. The number of hydrogen-bond acceptors (Lipinski definition) is 4. The number of carbonyl (C=O) groups excluding carboxylic acids is 1. The average molecular weight is 480 g/mol. The van der Waals surface area contributed by atoms with Gasteiger partial charge >= 0.3 is 5.97 Å². The van der Waals surface area contributed by atoms with E-state index >= 15 is 0 Å². The van der Waals surface area contributed by atoms with Crippen LogP contribution < -0.4 is 4.74 Å². The zero-order valence-electron chi connectivity index (χ0n) is 22.4. The van der Waals surface area contributed by atoms with Crippen LogP contribution in [0.15, 0.2) is 36.4 Å². The first-order chi connectivity index (χ1) is 16.8. The quantitative estimate of drug-likeness (QED) is 0.367. The molecule has 0 radical (unpaired) electrons. The van der Waals surface area contributed by atoms with Gasteiger partial charge in [-0.1, -0.05) is 58.2 Å². The molecule has 35 heavy (non-hydrogen) atoms. The Morgan fingerprint density at radius 1 is 0.914 bits per heavy atom. The third-order valence-electron chi connectivity index (χ3n) is 8.39. The normalized spacial score (nSPS) is 21.9. The van der Waals surface area contributed by atoms with Gasteiger partial charge in [0, 0.05) is 19.1 Å². The summed E-state index contributed by atoms with van der Waals surface area (Å²) in [5.41, 5.74) is 1.71. The lowest BCUT2D eigenvalue weighted by molar-refractivity contribution is -0.141. The van der Waals surface area contributed by atoms with Crippen LogP contribution in [0.5, 0.6) is 5.75 Å². The van der Waals surface area contributed by atoms with E-state index in [1.54, 1.807) is 0 Å². The van der Waals surface area contributed by atoms with Gasteiger partial charge in [-0.2, -0.15) is 0 Å². The van der Waals surface area contributed by atoms with Crippen molar-refractivity contribution < 1.29 is 14.3 Å². The van der Waals surface area contributed by atoms with E-state index in [2.05, 4.69) is 62.1 Å². The molecule has 0 bridgehead atoms. The molecule has 0 aromatic heterocycles. The monoisotopic (exact) mass is 479 g/mol. The minimum absolute atomic E-state index is 0.122. The van der Waals surface area contributed by atoms with Crippen molar-refractivity contribution >= 4 is 16.7 Å². The van der Waals surface area contributed by atoms with Gasteiger partial charge in [0.1, 0.15) is 5.75 Å². The Kier molecular flexibility index (Phi) is 8.75. The van der Waals surface area contributed by atoms with Crippen molar-refractivity contribution in [3.63, 3.8) is 0 Å². The van der Waals surface area contributed by atoms with Gasteiger partial charge < -0.3 is 9.47 Å². The molecule has 2 aliphatic rings. The fourth-order valence-corrected chi connectivity index (χ4v) is 6.09. The zero-order valence-corrected chi connectivity index (χ0v) is 22.4. The van der Waals surface area contributed by atoms with Gasteiger partial charge in [-0.05, 0) is 84.4 Å². The molecule has 0 atom stereocenters. The summed E-state index contributed by atoms with van der Waals surface area (Å²) in [6.07, 6.45) is 12.0. The fourth-order valence-electron chi connectivity index (χ4n) is 6.09. The molecule has 0 amide bonds. The molecule has 4 nitrogen and oxygen atoms in total. The van der Waals surface area contributed by atoms with Crippen molar-refractivity contribution in [3.8, 4) is 5.75 Å². The van der Waals surface area contributed by atoms with E-state index < -0.39 is 0 Å². The number of rotatable bonds is 8. The summed E-state index contributed by atoms with van der Waals surface area (Å²) >= 11 is 0. The molecule has 192 valence electrons. The molecule has 0 heterocycles. The van der Waals surface area contributed by atoms with E-state index in [0.717, 1.165) is 37.6 Å². The SMILES string of the molecule is COC(=O)CCN(Cc1ccc2cc(OC3CCC(C(C)(C)C)CC3)ccc2c1)C1CCCCC1. The second-order valence-electron chi connectivity index (χ2n) is 11.9. The van der Waals surface area contributed by atoms with Crippen molar-refractivity contribution in [3.05, 3.63) is 42.0 Å². The van der Waals surface area contributed by atoms with Crippen LogP contribution in [-0.4, -0.2) is 36.7 Å². The molecule has 0 N–H and O–H groups in total. The third kappa shape index (κ3) is 7.22. The number of methoxy groups -OCH3 is 1. The minimum Gasteiger partial charge on any atom is -0.490 e. The lowest BCUT2D eigenvalue weighted by atomic mass is 9.72. The first-order valence-corrected chi connectivity index (χ1v) is 13.8. The van der Waals surface area contributed by atoms with Crippen molar-refractivity contribution in [2.45, 2.75) is 104 Å². The van der Waals surface area contributed by atoms with Crippen molar-refractivity contribution in [2.75, 3.05) is 13.7 Å². The first-order valence-electron chi connectivity index (χ1n) is 13.8. The van der Waals surface area contributed by atoms with Crippen LogP contribution >= 0.6 is 0 Å². The molecule has 4 rings (SSSR count). The Labute approximate surface area is 212 Å². The number of ether oxygens (including phenoxy) is 2. The minimum atomic E-state index is -0.122. The fraction of sp³-hybridized carbons (Fsp3) is 0.645. The molecule has 0 spiro atoms. The summed E-state index contributed by atoms with van der Waals surface area (Å²) in [7, 11) is 1.48. The van der Waals surface area contributed by atoms with E-state index in [4.69, 9.17) is 9.47 Å². The van der Waals surface area contributed by atoms with Gasteiger partial charge in [0.2, 0.25) is 0 Å². The lowest BCUT2D eigenvalue weighted by Gasteiger charge is -2.37. The van der Waals surface area contributed by atoms with Crippen LogP contribution in [0.1, 0.15) is 90.5 Å². The van der Waals surface area contributed by atoms with E-state index in [1.165, 1.54) is 68.4 Å². The topological polar surface area (TPSA) is 38.8 Å². The number of nitrogens with zero attached hydrogens (tertiary/aromatic N) is 1. The Morgan fingerprint density at radius 3 is 2.29 bits per heavy atom. The van der Waals surface area contributed by atoms with Gasteiger partial charge in [0.15, 0.2) is 0 Å². The number of esters is 1. The first kappa shape index (κ1) is 26.0. The Bertz CT molecular complexity index is 965. The van der Waals surface area contributed by atoms with Gasteiger partial charge in [0.05, 0.1) is 19.6 Å². The van der Waals surface area contributed by atoms with Crippen LogP contribution in [-0.2, 0) is 16.1 Å². The maximum atomic E-state index is 11.8. The predicted octanol–water partition coefficient (Wildman–Crippen LogP) is 7.52. The largest absolute Gasteiger partial charge is 0.490 e. The van der Waals surface area contributed by atoms with Crippen LogP contribution in [0, 0.1) is 11.3 Å². The van der Waals surface area contributed by atoms with E-state index in [0.29, 0.717) is 24.0 Å². The number of carbonyl (C=O) groups is 1. The van der Waals surface area contributed by atoms with Gasteiger partial charge in [0.25, 0.3) is 0 Å². The van der Waals surface area contributed by atoms with Crippen molar-refractivity contribution in [2.24, 2.45) is 11.3 Å². The molecule has 2 aromatic rings. The highest BCUT2D eigenvalue weighted by Gasteiger charge is 2.30. The Balaban J connectivity index is 1.39. The van der Waals surface area contributed by atoms with Gasteiger partial charge in [-0.3, -0.25) is 9.69 Å². The number of hydrogen-bond donors (Lipinski definition) is 0. The van der Waals surface area contributed by atoms with E-state index in [9.17, 15) is 4.79 Å². The molecule has 2 saturated carbocycles. The molecule has 2 aromatic carbocycles. The summed E-state index contributed by atoms with van der Waals surface area (Å²) in [4.78, 5) is 14.3. The van der Waals surface area contributed by atoms with Crippen LogP contribution in [0.4, 0.5) is 0 Å². The zero-order chi connectivity index (χ0) is 24.8. The highest BCUT2D eigenvalue weighted by molar-refractivity contribution is 5.84. The molecular weight excluding hydrogens is 434 g/mol. The lowest BCUT2D eigenvalue weighted by Crippen LogP contribution is -2.37. The summed E-state index contributed by atoms with van der Waals surface area (Å²) in [6.45, 7) is 8.74. The Hall–Kier alpha value is -2.07. The van der Waals surface area contributed by atoms with Gasteiger partial charge in [-0.25, -0.2) is 0 Å². The smallest absolute Gasteiger partial charge is 0.306 e. The summed E-state index contributed by atoms with van der Waals surface area (Å²) in [5.74, 6) is 1.67. The molecular formula is C31H45NO3. The van der Waals surface area contributed by atoms with Crippen molar-refractivity contribution in [1.82, 2.24) is 4.90 Å². The molecule has 2 aliphatic carbocycles. The second kappa shape index (κ2) is 11.8. The summed E-state index contributed by atoms with van der Waals surface area (Å²) < 4.78 is 11.3. The van der Waals surface area contributed by atoms with Crippen LogP contribution in [0.2, 0.25) is 0 Å². The van der Waals surface area contributed by atoms with Crippen molar-refractivity contribution in [1.29, 1.82) is 0 Å². The predicted molar refractivity (Wildman–Crippen MR) is 144 cm³/mol. The van der Waals surface area contributed by atoms with Crippen LogP contribution in [0.3, 0.4) is 0 Å². The standard InChI is InChI=1S/C31H45NO3/c1-31(2,3)26-13-16-28(17-14-26)35-29-15-12-24-20-23(10-11-25(24)21-29)22-32(19-18-30(33)34-4)27-8-6-5-7-9-27/h10-12,15,20-21,26-28H,5-9,13-14,16-19,22H2,1-4H3. The van der Waals surface area contributed by atoms with E-state index in [1.807, 2.05) is 0 Å². The number of benzene rings is 2. The summed E-state index contributed by atoms with van der Waals surface area (Å²) in [5, 5.41) is 2.48. The summed E-state index contributed by atoms with van der Waals surface area (Å²) in [6, 6.07) is 13.9. The van der Waals surface area contributed by atoms with E-state index in [-0.39, 0.29) is 5.97 Å². The highest BCUT2D eigenvalue weighted by Crippen LogP contribution is 2.39. The highest BCUT2D eigenvalue weighted by atomic mass is 16.5. The maximum absolute atomic E-state index is 11.8. The second-order valence-corrected chi connectivity index (χ2v) is 11.9. The molecule has 4 heteroatoms. The molecule has 0 saturated heterocycles. The Morgan fingerprint density at radius 2 is 1.60 bits per heavy atom. The van der Waals surface area contributed by atoms with Crippen LogP contribution in [0.25, 0.3) is 10.8 Å². The number of fused-ring (bicyclic) bond motifs is 1. The van der Waals surface area contributed by atoms with Gasteiger partial charge in [-0.15, -0.1) is 0 Å². The molecule has 0 unspecified atom stereocenters. The third-order valence-corrected chi connectivity index (χ3v) is 8.39.